The van der Waals surface area contributed by atoms with E-state index in [1.54, 1.807) is 16.3 Å². The molecule has 0 saturated carbocycles. The molecule has 0 fully saturated rings. The summed E-state index contributed by atoms with van der Waals surface area (Å²) in [4.78, 5) is 17.9. The van der Waals surface area contributed by atoms with Crippen molar-refractivity contribution in [2.24, 2.45) is 0 Å². The Morgan fingerprint density at radius 1 is 1.00 bits per heavy atom. The summed E-state index contributed by atoms with van der Waals surface area (Å²) in [5.74, 6) is 1.21. The number of hydrogen-bond acceptors (Lipinski definition) is 6. The number of hydrogen-bond donors (Lipinski definition) is 0. The fourth-order valence-corrected chi connectivity index (χ4v) is 4.67. The topological polar surface area (TPSA) is 74.3 Å². The molecule has 3 heterocycles. The summed E-state index contributed by atoms with van der Waals surface area (Å²) in [6.07, 6.45) is 0.734. The van der Waals surface area contributed by atoms with Crippen LogP contribution in [0.3, 0.4) is 0 Å². The van der Waals surface area contributed by atoms with Gasteiger partial charge in [-0.3, -0.25) is 18.7 Å². The molecule has 5 aromatic rings. The molecular weight excluding hydrogens is 422 g/mol. The van der Waals surface area contributed by atoms with E-state index in [-0.39, 0.29) is 5.56 Å². The second-order valence-corrected chi connectivity index (χ2v) is 8.37. The number of pyridine rings is 1. The maximum absolute atomic E-state index is 13.1. The van der Waals surface area contributed by atoms with Crippen LogP contribution in [0.25, 0.3) is 27.6 Å². The van der Waals surface area contributed by atoms with E-state index in [2.05, 4.69) is 22.3 Å². The van der Waals surface area contributed by atoms with Gasteiger partial charge in [0.15, 0.2) is 5.16 Å². The third-order valence-electron chi connectivity index (χ3n) is 5.36. The number of benzene rings is 2. The highest BCUT2D eigenvalue weighted by Gasteiger charge is 2.17. The number of aromatic nitrogens is 5. The van der Waals surface area contributed by atoms with Crippen LogP contribution >= 0.6 is 11.8 Å². The lowest BCUT2D eigenvalue weighted by atomic mass is 10.2. The van der Waals surface area contributed by atoms with Crippen LogP contribution in [0.15, 0.2) is 70.6 Å². The summed E-state index contributed by atoms with van der Waals surface area (Å²) in [6, 6.07) is 19.8. The Morgan fingerprint density at radius 2 is 1.84 bits per heavy atom. The highest BCUT2D eigenvalue weighted by Crippen LogP contribution is 2.25. The number of para-hydroxylation sites is 2. The molecule has 0 aliphatic heterocycles. The molecule has 0 spiro atoms. The minimum absolute atomic E-state index is 0.0512. The summed E-state index contributed by atoms with van der Waals surface area (Å²) in [7, 11) is 0. The van der Waals surface area contributed by atoms with Crippen LogP contribution in [0.2, 0.25) is 0 Å². The molecule has 0 saturated heterocycles. The van der Waals surface area contributed by atoms with Gasteiger partial charge in [-0.15, -0.1) is 10.2 Å². The van der Waals surface area contributed by atoms with Gasteiger partial charge in [-0.1, -0.05) is 48.2 Å². The standard InChI is InChI=1S/C24H23N5O2S/c1-2-31-15-7-14-28-22(30)19-9-4-6-11-21(19)29-23(28)26-27-24(29)32-16-18-13-12-17-8-3-5-10-20(17)25-18/h3-6,8-13H,2,7,14-16H2,1H3. The first-order chi connectivity index (χ1) is 15.8. The van der Waals surface area contributed by atoms with Gasteiger partial charge in [-0.05, 0) is 37.6 Å². The summed E-state index contributed by atoms with van der Waals surface area (Å²) >= 11 is 1.57. The van der Waals surface area contributed by atoms with Crippen molar-refractivity contribution in [1.29, 1.82) is 0 Å². The lowest BCUT2D eigenvalue weighted by Gasteiger charge is -2.11. The molecule has 0 aliphatic rings. The SMILES string of the molecule is CCOCCCn1c(=O)c2ccccc2n2c(SCc3ccc4ccccc4n3)nnc12. The number of aryl methyl sites for hydroxylation is 1. The van der Waals surface area contributed by atoms with Gasteiger partial charge in [0.2, 0.25) is 5.78 Å². The number of fused-ring (bicyclic) bond motifs is 4. The zero-order valence-corrected chi connectivity index (χ0v) is 18.6. The Kier molecular flexibility index (Phi) is 5.87. The first-order valence-corrected chi connectivity index (χ1v) is 11.7. The van der Waals surface area contributed by atoms with E-state index >= 15 is 0 Å². The third kappa shape index (κ3) is 3.87. The summed E-state index contributed by atoms with van der Waals surface area (Å²) < 4.78 is 9.13. The predicted octanol–water partition coefficient (Wildman–Crippen LogP) is 4.31. The lowest BCUT2D eigenvalue weighted by Crippen LogP contribution is -2.24. The maximum atomic E-state index is 13.1. The molecule has 0 N–H and O–H groups in total. The molecule has 0 atom stereocenters. The van der Waals surface area contributed by atoms with E-state index in [1.165, 1.54) is 0 Å². The van der Waals surface area contributed by atoms with E-state index in [9.17, 15) is 4.79 Å². The quantitative estimate of drug-likeness (QED) is 0.262. The molecule has 5 rings (SSSR count). The Balaban J connectivity index is 1.51. The number of nitrogens with zero attached hydrogens (tertiary/aromatic N) is 5. The van der Waals surface area contributed by atoms with E-state index in [4.69, 9.17) is 9.72 Å². The minimum atomic E-state index is -0.0512. The van der Waals surface area contributed by atoms with Crippen LogP contribution < -0.4 is 5.56 Å². The predicted molar refractivity (Wildman–Crippen MR) is 127 cm³/mol. The Hall–Kier alpha value is -3.23. The highest BCUT2D eigenvalue weighted by atomic mass is 32.2. The van der Waals surface area contributed by atoms with Crippen LogP contribution in [0.4, 0.5) is 0 Å². The highest BCUT2D eigenvalue weighted by molar-refractivity contribution is 7.98. The second kappa shape index (κ2) is 9.10. The zero-order valence-electron chi connectivity index (χ0n) is 17.8. The Labute approximate surface area is 189 Å². The van der Waals surface area contributed by atoms with E-state index in [1.807, 2.05) is 59.9 Å². The number of thioether (sulfide) groups is 1. The van der Waals surface area contributed by atoms with Gasteiger partial charge < -0.3 is 4.74 Å². The van der Waals surface area contributed by atoms with Gasteiger partial charge in [0.1, 0.15) is 0 Å². The van der Waals surface area contributed by atoms with E-state index in [0.29, 0.717) is 36.7 Å². The average Bonchev–Trinajstić information content (AvgIpc) is 3.26. The van der Waals surface area contributed by atoms with Crippen molar-refractivity contribution in [2.75, 3.05) is 13.2 Å². The Morgan fingerprint density at radius 3 is 2.75 bits per heavy atom. The second-order valence-electron chi connectivity index (χ2n) is 7.43. The molecule has 3 aromatic heterocycles. The molecule has 32 heavy (non-hydrogen) atoms. The first kappa shape index (κ1) is 20.7. The normalized spacial score (nSPS) is 11.7. The van der Waals surface area contributed by atoms with Crippen molar-refractivity contribution in [1.82, 2.24) is 24.1 Å². The van der Waals surface area contributed by atoms with E-state index < -0.39 is 0 Å². The van der Waals surface area contributed by atoms with Crippen molar-refractivity contribution < 1.29 is 4.74 Å². The molecule has 8 heteroatoms. The van der Waals surface area contributed by atoms with Gasteiger partial charge in [0.05, 0.1) is 22.1 Å². The molecule has 162 valence electrons. The van der Waals surface area contributed by atoms with Crippen LogP contribution in [0.5, 0.6) is 0 Å². The smallest absolute Gasteiger partial charge is 0.262 e. The summed E-state index contributed by atoms with van der Waals surface area (Å²) in [6.45, 7) is 3.76. The van der Waals surface area contributed by atoms with Gasteiger partial charge in [-0.25, -0.2) is 0 Å². The van der Waals surface area contributed by atoms with Crippen molar-refractivity contribution >= 4 is 39.3 Å². The first-order valence-electron chi connectivity index (χ1n) is 10.7. The molecule has 0 unspecified atom stereocenters. The number of rotatable bonds is 8. The largest absolute Gasteiger partial charge is 0.382 e. The van der Waals surface area contributed by atoms with Crippen LogP contribution in [-0.4, -0.2) is 37.4 Å². The molecule has 2 aromatic carbocycles. The van der Waals surface area contributed by atoms with Gasteiger partial charge in [0.25, 0.3) is 5.56 Å². The van der Waals surface area contributed by atoms with Crippen molar-refractivity contribution in [3.8, 4) is 0 Å². The monoisotopic (exact) mass is 445 g/mol. The van der Waals surface area contributed by atoms with Crippen LogP contribution in [0, 0.1) is 0 Å². The van der Waals surface area contributed by atoms with Gasteiger partial charge in [-0.2, -0.15) is 0 Å². The maximum Gasteiger partial charge on any atom is 0.262 e. The van der Waals surface area contributed by atoms with Crippen molar-refractivity contribution in [3.05, 3.63) is 76.7 Å². The fraction of sp³-hybridized carbons (Fsp3) is 0.250. The Bertz CT molecular complexity index is 1460. The lowest BCUT2D eigenvalue weighted by molar-refractivity contribution is 0.141. The fourth-order valence-electron chi connectivity index (χ4n) is 3.82. The van der Waals surface area contributed by atoms with Crippen molar-refractivity contribution in [3.63, 3.8) is 0 Å². The van der Waals surface area contributed by atoms with Gasteiger partial charge >= 0.3 is 0 Å². The molecule has 0 amide bonds. The summed E-state index contributed by atoms with van der Waals surface area (Å²) in [5, 5.41) is 11.3. The van der Waals surface area contributed by atoms with E-state index in [0.717, 1.165) is 33.7 Å². The van der Waals surface area contributed by atoms with Crippen molar-refractivity contribution in [2.45, 2.75) is 30.8 Å². The van der Waals surface area contributed by atoms with Crippen LogP contribution in [0.1, 0.15) is 19.0 Å². The number of ether oxygens (including phenoxy) is 1. The molecule has 0 aliphatic carbocycles. The molecule has 0 radical (unpaired) electrons. The van der Waals surface area contributed by atoms with Crippen LogP contribution in [-0.2, 0) is 17.0 Å². The third-order valence-corrected chi connectivity index (χ3v) is 6.32. The average molecular weight is 446 g/mol. The summed E-state index contributed by atoms with van der Waals surface area (Å²) in [5.41, 5.74) is 2.71. The minimum Gasteiger partial charge on any atom is -0.382 e. The zero-order chi connectivity index (χ0) is 21.9. The molecular formula is C24H23N5O2S. The van der Waals surface area contributed by atoms with Gasteiger partial charge in [0, 0.05) is 30.9 Å². The molecule has 0 bridgehead atoms. The molecule has 7 nitrogen and oxygen atoms in total.